The minimum absolute atomic E-state index is 0.452. The van der Waals surface area contributed by atoms with Gasteiger partial charge in [-0.25, -0.2) is 4.98 Å². The van der Waals surface area contributed by atoms with Crippen LogP contribution in [0, 0.1) is 6.92 Å². The topological polar surface area (TPSA) is 47.0 Å². The van der Waals surface area contributed by atoms with Gasteiger partial charge in [-0.15, -0.1) is 0 Å². The van der Waals surface area contributed by atoms with Crippen molar-refractivity contribution in [2.24, 2.45) is 0 Å². The molecule has 21 heavy (non-hydrogen) atoms. The minimum atomic E-state index is 0.452. The second-order valence-electron chi connectivity index (χ2n) is 4.32. The van der Waals surface area contributed by atoms with Crippen molar-refractivity contribution in [2.45, 2.75) is 20.3 Å². The van der Waals surface area contributed by atoms with Crippen LogP contribution in [0.2, 0.25) is 10.0 Å². The Morgan fingerprint density at radius 2 is 1.95 bits per heavy atom. The highest BCUT2D eigenvalue weighted by Crippen LogP contribution is 2.37. The molecule has 2 aromatic rings. The number of nitrogens with one attached hydrogen (secondary N) is 1. The Labute approximate surface area is 142 Å². The lowest BCUT2D eigenvalue weighted by Crippen LogP contribution is -2.04. The van der Waals surface area contributed by atoms with Crippen molar-refractivity contribution in [3.63, 3.8) is 0 Å². The van der Waals surface area contributed by atoms with E-state index in [1.807, 2.05) is 20.9 Å². The fourth-order valence-corrected chi connectivity index (χ4v) is 2.56. The molecule has 7 heteroatoms. The van der Waals surface area contributed by atoms with Crippen LogP contribution in [-0.4, -0.2) is 17.0 Å². The largest absolute Gasteiger partial charge is 0.437 e. The van der Waals surface area contributed by atoms with Gasteiger partial charge in [-0.3, -0.25) is 0 Å². The minimum Gasteiger partial charge on any atom is -0.437 e. The standard InChI is InChI=1S/C14H14BrCl2N3O/c1-4-12-19-13(18-3)7(2)14(20-12)21-11-6-9(16)8(15)5-10(11)17/h5-6H,4H2,1-3H3,(H,18,19,20). The number of hydrogen-bond donors (Lipinski definition) is 1. The molecule has 0 atom stereocenters. The van der Waals surface area contributed by atoms with Gasteiger partial charge < -0.3 is 10.1 Å². The van der Waals surface area contributed by atoms with Crippen LogP contribution in [0.15, 0.2) is 16.6 Å². The lowest BCUT2D eigenvalue weighted by atomic mass is 10.3. The van der Waals surface area contributed by atoms with Crippen LogP contribution in [-0.2, 0) is 6.42 Å². The Hall–Kier alpha value is -1.04. The fourth-order valence-electron chi connectivity index (χ4n) is 1.73. The van der Waals surface area contributed by atoms with E-state index in [2.05, 4.69) is 31.2 Å². The summed E-state index contributed by atoms with van der Waals surface area (Å²) in [6, 6.07) is 3.34. The maximum atomic E-state index is 6.18. The number of benzene rings is 1. The number of aromatic nitrogens is 2. The summed E-state index contributed by atoms with van der Waals surface area (Å²) in [5, 5.41) is 4.00. The summed E-state index contributed by atoms with van der Waals surface area (Å²) >= 11 is 15.6. The molecule has 1 aromatic heterocycles. The molecule has 0 fully saturated rings. The normalized spacial score (nSPS) is 10.6. The van der Waals surface area contributed by atoms with Crippen LogP contribution in [0.4, 0.5) is 5.82 Å². The van der Waals surface area contributed by atoms with Crippen molar-refractivity contribution < 1.29 is 4.74 Å². The Bertz CT molecular complexity index is 680. The number of nitrogens with zero attached hydrogens (tertiary/aromatic N) is 2. The summed E-state index contributed by atoms with van der Waals surface area (Å²) in [5.74, 6) is 2.35. The summed E-state index contributed by atoms with van der Waals surface area (Å²) in [4.78, 5) is 8.80. The van der Waals surface area contributed by atoms with Crippen LogP contribution < -0.4 is 10.1 Å². The second kappa shape index (κ2) is 6.81. The average Bonchev–Trinajstić information content (AvgIpc) is 2.46. The van der Waals surface area contributed by atoms with Crippen molar-refractivity contribution in [1.82, 2.24) is 9.97 Å². The molecule has 112 valence electrons. The van der Waals surface area contributed by atoms with Gasteiger partial charge in [0.2, 0.25) is 5.88 Å². The predicted octanol–water partition coefficient (Wildman–Crippen LogP) is 5.25. The van der Waals surface area contributed by atoms with Crippen LogP contribution >= 0.6 is 39.1 Å². The summed E-state index contributed by atoms with van der Waals surface area (Å²) in [7, 11) is 1.81. The third kappa shape index (κ3) is 3.59. The zero-order valence-electron chi connectivity index (χ0n) is 11.8. The van der Waals surface area contributed by atoms with E-state index in [9.17, 15) is 0 Å². The first-order valence-electron chi connectivity index (χ1n) is 6.33. The SMILES string of the molecule is CCc1nc(NC)c(C)c(Oc2cc(Cl)c(Br)cc2Cl)n1. The van der Waals surface area contributed by atoms with Crippen molar-refractivity contribution in [3.8, 4) is 11.6 Å². The molecule has 0 unspecified atom stereocenters. The van der Waals surface area contributed by atoms with Gasteiger partial charge in [0.1, 0.15) is 17.4 Å². The van der Waals surface area contributed by atoms with E-state index in [4.69, 9.17) is 27.9 Å². The van der Waals surface area contributed by atoms with Gasteiger partial charge in [0.15, 0.2) is 0 Å². The Kier molecular flexibility index (Phi) is 5.30. The zero-order valence-corrected chi connectivity index (χ0v) is 14.9. The van der Waals surface area contributed by atoms with Gasteiger partial charge in [-0.2, -0.15) is 4.98 Å². The monoisotopic (exact) mass is 389 g/mol. The van der Waals surface area contributed by atoms with Gasteiger partial charge >= 0.3 is 0 Å². The van der Waals surface area contributed by atoms with E-state index in [-0.39, 0.29) is 0 Å². The summed E-state index contributed by atoms with van der Waals surface area (Å²) in [6.45, 7) is 3.87. The molecular weight excluding hydrogens is 377 g/mol. The van der Waals surface area contributed by atoms with E-state index >= 15 is 0 Å². The van der Waals surface area contributed by atoms with E-state index < -0.39 is 0 Å². The molecule has 0 aliphatic carbocycles. The predicted molar refractivity (Wildman–Crippen MR) is 89.9 cm³/mol. The molecule has 0 radical (unpaired) electrons. The molecule has 4 nitrogen and oxygen atoms in total. The quantitative estimate of drug-likeness (QED) is 0.724. The summed E-state index contributed by atoms with van der Waals surface area (Å²) < 4.78 is 6.55. The number of anilines is 1. The molecule has 1 N–H and O–H groups in total. The average molecular weight is 391 g/mol. The maximum absolute atomic E-state index is 6.18. The first-order chi connectivity index (χ1) is 9.96. The van der Waals surface area contributed by atoms with Gasteiger partial charge in [0.05, 0.1) is 15.6 Å². The molecule has 1 heterocycles. The molecule has 2 rings (SSSR count). The van der Waals surface area contributed by atoms with E-state index in [0.29, 0.717) is 38.4 Å². The molecule has 0 aliphatic heterocycles. The summed E-state index contributed by atoms with van der Waals surface area (Å²) in [5.41, 5.74) is 0.810. The lowest BCUT2D eigenvalue weighted by Gasteiger charge is -2.13. The van der Waals surface area contributed by atoms with Gasteiger partial charge in [0.25, 0.3) is 0 Å². The third-order valence-electron chi connectivity index (χ3n) is 2.88. The molecule has 0 saturated carbocycles. The van der Waals surface area contributed by atoms with E-state index in [1.54, 1.807) is 12.1 Å². The van der Waals surface area contributed by atoms with Crippen LogP contribution in [0.5, 0.6) is 11.6 Å². The van der Waals surface area contributed by atoms with Crippen LogP contribution in [0.25, 0.3) is 0 Å². The van der Waals surface area contributed by atoms with Gasteiger partial charge in [-0.1, -0.05) is 30.1 Å². The number of rotatable bonds is 4. The number of ether oxygens (including phenoxy) is 1. The van der Waals surface area contributed by atoms with Crippen molar-refractivity contribution in [1.29, 1.82) is 0 Å². The zero-order chi connectivity index (χ0) is 15.6. The van der Waals surface area contributed by atoms with E-state index in [0.717, 1.165) is 11.4 Å². The lowest BCUT2D eigenvalue weighted by molar-refractivity contribution is 0.455. The molecule has 0 aliphatic rings. The van der Waals surface area contributed by atoms with Crippen molar-refractivity contribution in [3.05, 3.63) is 38.0 Å². The fraction of sp³-hybridized carbons (Fsp3) is 0.286. The highest BCUT2D eigenvalue weighted by molar-refractivity contribution is 9.10. The number of halogens is 3. The number of aryl methyl sites for hydroxylation is 1. The second-order valence-corrected chi connectivity index (χ2v) is 5.99. The Balaban J connectivity index is 2.46. The maximum Gasteiger partial charge on any atom is 0.227 e. The van der Waals surface area contributed by atoms with Crippen LogP contribution in [0.3, 0.4) is 0 Å². The van der Waals surface area contributed by atoms with Crippen molar-refractivity contribution in [2.75, 3.05) is 12.4 Å². The number of hydrogen-bond acceptors (Lipinski definition) is 4. The van der Waals surface area contributed by atoms with Crippen molar-refractivity contribution >= 4 is 44.9 Å². The van der Waals surface area contributed by atoms with E-state index in [1.165, 1.54) is 0 Å². The molecule has 1 aromatic carbocycles. The molecular formula is C14H14BrCl2N3O. The molecule has 0 amide bonds. The van der Waals surface area contributed by atoms with Gasteiger partial charge in [-0.05, 0) is 28.9 Å². The highest BCUT2D eigenvalue weighted by atomic mass is 79.9. The summed E-state index contributed by atoms with van der Waals surface area (Å²) in [6.07, 6.45) is 0.708. The molecule has 0 spiro atoms. The molecule has 0 bridgehead atoms. The Morgan fingerprint density at radius 1 is 1.24 bits per heavy atom. The Morgan fingerprint density at radius 3 is 2.57 bits per heavy atom. The first-order valence-corrected chi connectivity index (χ1v) is 7.88. The molecule has 0 saturated heterocycles. The van der Waals surface area contributed by atoms with Crippen LogP contribution in [0.1, 0.15) is 18.3 Å². The third-order valence-corrected chi connectivity index (χ3v) is 4.37. The highest BCUT2D eigenvalue weighted by Gasteiger charge is 2.14. The first kappa shape index (κ1) is 16.3. The smallest absolute Gasteiger partial charge is 0.227 e. The van der Waals surface area contributed by atoms with Gasteiger partial charge in [0, 0.05) is 24.0 Å².